The molecule has 7 nitrogen and oxygen atoms in total. The summed E-state index contributed by atoms with van der Waals surface area (Å²) in [4.78, 5) is 30.9. The van der Waals surface area contributed by atoms with Crippen LogP contribution >= 0.6 is 11.6 Å². The number of rotatable bonds is 6. The zero-order chi connectivity index (χ0) is 25.1. The Balaban J connectivity index is 1.65. The first kappa shape index (κ1) is 24.2. The van der Waals surface area contributed by atoms with Crippen LogP contribution < -0.4 is 5.32 Å². The van der Waals surface area contributed by atoms with Gasteiger partial charge in [0.1, 0.15) is 0 Å². The van der Waals surface area contributed by atoms with E-state index in [0.29, 0.717) is 17.1 Å². The first-order valence-electron chi connectivity index (χ1n) is 11.1. The van der Waals surface area contributed by atoms with Crippen molar-refractivity contribution in [1.82, 2.24) is 14.8 Å². The molecule has 2 heterocycles. The van der Waals surface area contributed by atoms with E-state index in [1.54, 1.807) is 41.1 Å². The minimum absolute atomic E-state index is 0.0998. The Morgan fingerprint density at radius 1 is 0.971 bits per heavy atom. The first-order chi connectivity index (χ1) is 16.7. The summed E-state index contributed by atoms with van der Waals surface area (Å²) in [6.07, 6.45) is -1.21. The Bertz CT molecular complexity index is 1400. The molecule has 4 rings (SSSR count). The predicted molar refractivity (Wildman–Crippen MR) is 135 cm³/mol. The highest BCUT2D eigenvalue weighted by Crippen LogP contribution is 2.26. The Morgan fingerprint density at radius 3 is 2.40 bits per heavy atom. The van der Waals surface area contributed by atoms with E-state index >= 15 is 0 Å². The highest BCUT2D eigenvalue weighted by molar-refractivity contribution is 6.33. The van der Waals surface area contributed by atoms with Gasteiger partial charge in [-0.2, -0.15) is 5.10 Å². The molecule has 178 valence electrons. The van der Waals surface area contributed by atoms with Gasteiger partial charge in [0, 0.05) is 16.9 Å². The van der Waals surface area contributed by atoms with E-state index in [-0.39, 0.29) is 10.7 Å². The smallest absolute Gasteiger partial charge is 0.359 e. The van der Waals surface area contributed by atoms with Crippen molar-refractivity contribution < 1.29 is 14.3 Å². The van der Waals surface area contributed by atoms with Crippen LogP contribution in [0.15, 0.2) is 66.7 Å². The molecule has 1 atom stereocenters. The number of benzene rings is 2. The van der Waals surface area contributed by atoms with E-state index in [0.717, 1.165) is 22.5 Å². The molecule has 1 N–H and O–H groups in total. The van der Waals surface area contributed by atoms with Crippen LogP contribution in [0.2, 0.25) is 5.02 Å². The molecule has 4 aromatic rings. The topological polar surface area (TPSA) is 86.1 Å². The third-order valence-corrected chi connectivity index (χ3v) is 5.77. The first-order valence-corrected chi connectivity index (χ1v) is 11.4. The number of aromatic nitrogens is 3. The average Bonchev–Trinajstić information content (AvgIpc) is 3.18. The van der Waals surface area contributed by atoms with Crippen molar-refractivity contribution in [3.8, 4) is 5.82 Å². The number of pyridine rings is 1. The summed E-state index contributed by atoms with van der Waals surface area (Å²) in [7, 11) is 0. The van der Waals surface area contributed by atoms with E-state index < -0.39 is 18.0 Å². The fourth-order valence-corrected chi connectivity index (χ4v) is 3.87. The number of hydrogen-bond donors (Lipinski definition) is 1. The summed E-state index contributed by atoms with van der Waals surface area (Å²) >= 11 is 6.31. The maximum Gasteiger partial charge on any atom is 0.359 e. The number of carbonyl (C=O) groups excluding carboxylic acids is 2. The van der Waals surface area contributed by atoms with Gasteiger partial charge in [-0.05, 0) is 63.1 Å². The third kappa shape index (κ3) is 5.41. The van der Waals surface area contributed by atoms with Crippen molar-refractivity contribution in [2.75, 3.05) is 5.32 Å². The number of ether oxygens (including phenoxy) is 1. The quantitative estimate of drug-likeness (QED) is 0.352. The molecule has 0 bridgehead atoms. The molecule has 0 aliphatic rings. The summed E-state index contributed by atoms with van der Waals surface area (Å²) in [5, 5.41) is 7.40. The summed E-state index contributed by atoms with van der Waals surface area (Å²) in [6.45, 7) is 7.59. The lowest BCUT2D eigenvalue weighted by Gasteiger charge is -2.19. The standard InChI is InChI=1S/C27H25ClN4O3/c1-16-10-11-17(2)22(14-16)29-26(33)25(20-8-6-5-7-9-20)35-27(34)24-21(28)12-13-23(30-24)32-19(4)15-18(3)31-32/h5-15,25H,1-4H3,(H,29,33). The normalized spacial score (nSPS) is 11.7. The van der Waals surface area contributed by atoms with Gasteiger partial charge in [-0.15, -0.1) is 0 Å². The second-order valence-electron chi connectivity index (χ2n) is 8.34. The second kappa shape index (κ2) is 10.1. The van der Waals surface area contributed by atoms with Gasteiger partial charge >= 0.3 is 5.97 Å². The van der Waals surface area contributed by atoms with Crippen LogP contribution in [0, 0.1) is 27.7 Å². The number of nitrogens with one attached hydrogen (secondary N) is 1. The van der Waals surface area contributed by atoms with Crippen molar-refractivity contribution in [1.29, 1.82) is 0 Å². The number of carbonyl (C=O) groups is 2. The molecule has 2 aromatic carbocycles. The SMILES string of the molecule is Cc1ccc(C)c(NC(=O)C(OC(=O)c2nc(-n3nc(C)cc3C)ccc2Cl)c2ccccc2)c1. The Kier molecular flexibility index (Phi) is 6.98. The molecular formula is C27H25ClN4O3. The van der Waals surface area contributed by atoms with Crippen molar-refractivity contribution in [3.63, 3.8) is 0 Å². The van der Waals surface area contributed by atoms with Crippen molar-refractivity contribution in [3.05, 3.63) is 106 Å². The summed E-state index contributed by atoms with van der Waals surface area (Å²) in [5.41, 5.74) is 4.63. The van der Waals surface area contributed by atoms with Gasteiger partial charge in [0.05, 0.1) is 10.7 Å². The molecule has 8 heteroatoms. The molecule has 0 saturated heterocycles. The molecular weight excluding hydrogens is 464 g/mol. The second-order valence-corrected chi connectivity index (χ2v) is 8.75. The van der Waals surface area contributed by atoms with Crippen LogP contribution in [0.25, 0.3) is 5.82 Å². The molecule has 35 heavy (non-hydrogen) atoms. The van der Waals surface area contributed by atoms with Crippen LogP contribution in [-0.2, 0) is 9.53 Å². The van der Waals surface area contributed by atoms with E-state index in [1.165, 1.54) is 0 Å². The summed E-state index contributed by atoms with van der Waals surface area (Å²) in [5.74, 6) is -0.879. The number of halogens is 1. The van der Waals surface area contributed by atoms with E-state index in [4.69, 9.17) is 16.3 Å². The van der Waals surface area contributed by atoms with E-state index in [2.05, 4.69) is 15.4 Å². The predicted octanol–water partition coefficient (Wildman–Crippen LogP) is 5.69. The molecule has 0 saturated carbocycles. The molecule has 1 amide bonds. The van der Waals surface area contributed by atoms with Gasteiger partial charge in [-0.1, -0.05) is 54.1 Å². The van der Waals surface area contributed by atoms with Crippen LogP contribution in [0.1, 0.15) is 44.7 Å². The number of nitrogens with zero attached hydrogens (tertiary/aromatic N) is 3. The number of aryl methyl sites for hydroxylation is 4. The van der Waals surface area contributed by atoms with E-state index in [9.17, 15) is 9.59 Å². The van der Waals surface area contributed by atoms with Crippen molar-refractivity contribution >= 4 is 29.2 Å². The van der Waals surface area contributed by atoms with Crippen LogP contribution in [0.4, 0.5) is 5.69 Å². The number of amides is 1. The highest BCUT2D eigenvalue weighted by Gasteiger charge is 2.28. The number of anilines is 1. The van der Waals surface area contributed by atoms with Gasteiger partial charge in [0.15, 0.2) is 11.5 Å². The van der Waals surface area contributed by atoms with Gasteiger partial charge in [-0.3, -0.25) is 4.79 Å². The van der Waals surface area contributed by atoms with Gasteiger partial charge < -0.3 is 10.1 Å². The molecule has 0 aliphatic heterocycles. The lowest BCUT2D eigenvalue weighted by atomic mass is 10.1. The fraction of sp³-hybridized carbons (Fsp3) is 0.185. The lowest BCUT2D eigenvalue weighted by Crippen LogP contribution is -2.27. The largest absolute Gasteiger partial charge is 0.443 e. The van der Waals surface area contributed by atoms with Crippen LogP contribution in [-0.4, -0.2) is 26.6 Å². The lowest BCUT2D eigenvalue weighted by molar-refractivity contribution is -0.125. The Hall–Kier alpha value is -3.97. The monoisotopic (exact) mass is 488 g/mol. The maximum absolute atomic E-state index is 13.3. The highest BCUT2D eigenvalue weighted by atomic mass is 35.5. The molecule has 0 radical (unpaired) electrons. The van der Waals surface area contributed by atoms with Gasteiger partial charge in [0.2, 0.25) is 6.10 Å². The number of esters is 1. The fourth-order valence-electron chi connectivity index (χ4n) is 3.69. The van der Waals surface area contributed by atoms with E-state index in [1.807, 2.05) is 58.0 Å². The molecule has 1 unspecified atom stereocenters. The summed E-state index contributed by atoms with van der Waals surface area (Å²) in [6, 6.07) is 19.7. The zero-order valence-electron chi connectivity index (χ0n) is 19.9. The molecule has 2 aromatic heterocycles. The number of hydrogen-bond acceptors (Lipinski definition) is 5. The van der Waals surface area contributed by atoms with Crippen molar-refractivity contribution in [2.45, 2.75) is 33.8 Å². The molecule has 0 spiro atoms. The van der Waals surface area contributed by atoms with Crippen LogP contribution in [0.5, 0.6) is 0 Å². The van der Waals surface area contributed by atoms with Gasteiger partial charge in [0.25, 0.3) is 5.91 Å². The Labute approximate surface area is 208 Å². The minimum Gasteiger partial charge on any atom is -0.443 e. The van der Waals surface area contributed by atoms with Gasteiger partial charge in [-0.25, -0.2) is 14.5 Å². The Morgan fingerprint density at radius 2 is 1.71 bits per heavy atom. The summed E-state index contributed by atoms with van der Waals surface area (Å²) < 4.78 is 7.32. The molecule has 0 fully saturated rings. The average molecular weight is 489 g/mol. The molecule has 0 aliphatic carbocycles. The van der Waals surface area contributed by atoms with Crippen molar-refractivity contribution in [2.24, 2.45) is 0 Å². The minimum atomic E-state index is -1.21. The third-order valence-electron chi connectivity index (χ3n) is 5.47. The van der Waals surface area contributed by atoms with Crippen LogP contribution in [0.3, 0.4) is 0 Å². The zero-order valence-corrected chi connectivity index (χ0v) is 20.6. The maximum atomic E-state index is 13.3.